The van der Waals surface area contributed by atoms with Crippen molar-refractivity contribution in [1.29, 1.82) is 0 Å². The molecule has 1 atom stereocenters. The molecule has 5 heteroatoms. The maximum Gasteiger partial charge on any atom is 0.306 e. The molecule has 0 aromatic heterocycles. The van der Waals surface area contributed by atoms with E-state index in [-0.39, 0.29) is 17.1 Å². The lowest BCUT2D eigenvalue weighted by Gasteiger charge is -2.16. The van der Waals surface area contributed by atoms with E-state index in [9.17, 15) is 9.59 Å². The van der Waals surface area contributed by atoms with Crippen molar-refractivity contribution in [3.63, 3.8) is 0 Å². The Morgan fingerprint density at radius 2 is 2.05 bits per heavy atom. The number of hydrogen-bond acceptors (Lipinski definition) is 4. The summed E-state index contributed by atoms with van der Waals surface area (Å²) in [4.78, 5) is 23.4. The molecule has 20 heavy (non-hydrogen) atoms. The molecule has 1 fully saturated rings. The molecule has 4 nitrogen and oxygen atoms in total. The van der Waals surface area contributed by atoms with Crippen molar-refractivity contribution in [2.75, 3.05) is 12.9 Å². The highest BCUT2D eigenvalue weighted by molar-refractivity contribution is 8.00. The topological polar surface area (TPSA) is 55.4 Å². The molecule has 1 N–H and O–H groups in total. The number of amides is 1. The third-order valence-corrected chi connectivity index (χ3v) is 4.34. The van der Waals surface area contributed by atoms with E-state index in [1.165, 1.54) is 18.9 Å². The first-order chi connectivity index (χ1) is 9.70. The fourth-order valence-electron chi connectivity index (χ4n) is 1.82. The number of thioether (sulfide) groups is 1. The summed E-state index contributed by atoms with van der Waals surface area (Å²) in [5, 5.41) is 2.77. The second-order valence-corrected chi connectivity index (χ2v) is 5.98. The monoisotopic (exact) mass is 293 g/mol. The average Bonchev–Trinajstić information content (AvgIpc) is 3.28. The van der Waals surface area contributed by atoms with Crippen LogP contribution in [-0.2, 0) is 14.3 Å². The van der Waals surface area contributed by atoms with Crippen LogP contribution in [0.3, 0.4) is 0 Å². The molecular formula is C15H19NO3S. The second kappa shape index (κ2) is 7.33. The number of nitrogens with one attached hydrogen (secondary N) is 1. The molecule has 2 rings (SSSR count). The van der Waals surface area contributed by atoms with Gasteiger partial charge in [0, 0.05) is 11.8 Å². The Bertz CT molecular complexity index is 459. The van der Waals surface area contributed by atoms with Gasteiger partial charge in [-0.1, -0.05) is 30.3 Å². The number of ether oxygens (including phenoxy) is 1. The van der Waals surface area contributed by atoms with Crippen LogP contribution in [0, 0.1) is 0 Å². The number of hydrogen-bond donors (Lipinski definition) is 1. The zero-order valence-electron chi connectivity index (χ0n) is 11.5. The normalized spacial score (nSPS) is 15.4. The highest BCUT2D eigenvalue weighted by atomic mass is 32.2. The van der Waals surface area contributed by atoms with Gasteiger partial charge in [-0.25, -0.2) is 0 Å². The van der Waals surface area contributed by atoms with Crippen LogP contribution in [-0.4, -0.2) is 30.8 Å². The second-order valence-electron chi connectivity index (χ2n) is 4.77. The van der Waals surface area contributed by atoms with E-state index in [0.717, 1.165) is 18.4 Å². The van der Waals surface area contributed by atoms with Crippen molar-refractivity contribution >= 4 is 23.6 Å². The molecule has 1 aromatic rings. The van der Waals surface area contributed by atoms with Crippen LogP contribution in [0.1, 0.15) is 30.1 Å². The van der Waals surface area contributed by atoms with Gasteiger partial charge in [0.2, 0.25) is 5.91 Å². The average molecular weight is 293 g/mol. The van der Waals surface area contributed by atoms with E-state index in [2.05, 4.69) is 10.1 Å². The highest BCUT2D eigenvalue weighted by Crippen LogP contribution is 2.31. The molecule has 1 amide bonds. The van der Waals surface area contributed by atoms with Gasteiger partial charge in [0.15, 0.2) is 0 Å². The molecule has 0 bridgehead atoms. The third kappa shape index (κ3) is 4.56. The van der Waals surface area contributed by atoms with Gasteiger partial charge in [0.25, 0.3) is 0 Å². The number of rotatable bonds is 7. The minimum Gasteiger partial charge on any atom is -0.469 e. The summed E-state index contributed by atoms with van der Waals surface area (Å²) in [5.41, 5.74) is 0.973. The van der Waals surface area contributed by atoms with Crippen LogP contribution in [0.5, 0.6) is 0 Å². The lowest BCUT2D eigenvalue weighted by Crippen LogP contribution is -2.30. The van der Waals surface area contributed by atoms with Gasteiger partial charge in [-0.15, -0.1) is 11.8 Å². The molecular weight excluding hydrogens is 274 g/mol. The molecule has 0 unspecified atom stereocenters. The molecule has 0 radical (unpaired) electrons. The van der Waals surface area contributed by atoms with Gasteiger partial charge in [-0.2, -0.15) is 0 Å². The van der Waals surface area contributed by atoms with Crippen LogP contribution < -0.4 is 5.32 Å². The molecule has 1 aliphatic carbocycles. The quantitative estimate of drug-likeness (QED) is 0.784. The maximum atomic E-state index is 12.3. The first-order valence-corrected chi connectivity index (χ1v) is 7.79. The predicted molar refractivity (Wildman–Crippen MR) is 79.4 cm³/mol. The number of benzene rings is 1. The molecule has 0 aliphatic heterocycles. The third-order valence-electron chi connectivity index (χ3n) is 3.08. The predicted octanol–water partition coefficient (Wildman–Crippen LogP) is 2.30. The van der Waals surface area contributed by atoms with E-state index in [1.807, 2.05) is 30.3 Å². The van der Waals surface area contributed by atoms with Crippen molar-refractivity contribution in [1.82, 2.24) is 5.32 Å². The summed E-state index contributed by atoms with van der Waals surface area (Å²) in [6.45, 7) is 0. The van der Waals surface area contributed by atoms with Gasteiger partial charge < -0.3 is 10.1 Å². The smallest absolute Gasteiger partial charge is 0.306 e. The number of esters is 1. The zero-order chi connectivity index (χ0) is 14.4. The Morgan fingerprint density at radius 3 is 2.65 bits per heavy atom. The van der Waals surface area contributed by atoms with Crippen LogP contribution in [0.4, 0.5) is 0 Å². The molecule has 0 spiro atoms. The van der Waals surface area contributed by atoms with Crippen molar-refractivity contribution in [2.45, 2.75) is 30.6 Å². The van der Waals surface area contributed by atoms with E-state index >= 15 is 0 Å². The van der Waals surface area contributed by atoms with E-state index in [0.29, 0.717) is 18.2 Å². The Labute approximate surface area is 123 Å². The van der Waals surface area contributed by atoms with Crippen LogP contribution in [0.2, 0.25) is 0 Å². The number of methoxy groups -OCH3 is 1. The van der Waals surface area contributed by atoms with Gasteiger partial charge in [0.1, 0.15) is 5.25 Å². The Hall–Kier alpha value is -1.49. The van der Waals surface area contributed by atoms with Crippen molar-refractivity contribution < 1.29 is 14.3 Å². The van der Waals surface area contributed by atoms with E-state index in [4.69, 9.17) is 0 Å². The summed E-state index contributed by atoms with van der Waals surface area (Å²) >= 11 is 1.48. The zero-order valence-corrected chi connectivity index (χ0v) is 12.3. The summed E-state index contributed by atoms with van der Waals surface area (Å²) in [6.07, 6.45) is 2.46. The lowest BCUT2D eigenvalue weighted by atomic mass is 10.1. The van der Waals surface area contributed by atoms with Gasteiger partial charge in [-0.3, -0.25) is 9.59 Å². The molecule has 0 heterocycles. The highest BCUT2D eigenvalue weighted by Gasteiger charge is 2.28. The number of carbonyl (C=O) groups excluding carboxylic acids is 2. The van der Waals surface area contributed by atoms with Gasteiger partial charge in [-0.05, 0) is 18.4 Å². The maximum absolute atomic E-state index is 12.3. The summed E-state index contributed by atoms with van der Waals surface area (Å²) < 4.78 is 4.62. The van der Waals surface area contributed by atoms with E-state index in [1.54, 1.807) is 0 Å². The minimum absolute atomic E-state index is 0.0357. The lowest BCUT2D eigenvalue weighted by molar-refractivity contribution is -0.140. The summed E-state index contributed by atoms with van der Waals surface area (Å²) in [6, 6.07) is 10.0. The van der Waals surface area contributed by atoms with Crippen LogP contribution in [0.15, 0.2) is 30.3 Å². The van der Waals surface area contributed by atoms with Gasteiger partial charge in [0.05, 0.1) is 13.5 Å². The fourth-order valence-corrected chi connectivity index (χ4v) is 2.91. The Balaban J connectivity index is 1.96. The Kier molecular flexibility index (Phi) is 5.47. The van der Waals surface area contributed by atoms with Crippen LogP contribution in [0.25, 0.3) is 0 Å². The largest absolute Gasteiger partial charge is 0.469 e. The molecule has 108 valence electrons. The van der Waals surface area contributed by atoms with E-state index < -0.39 is 0 Å². The van der Waals surface area contributed by atoms with Crippen molar-refractivity contribution in [2.24, 2.45) is 0 Å². The molecule has 1 aromatic carbocycles. The minimum atomic E-state index is -0.263. The molecule has 0 saturated heterocycles. The summed E-state index contributed by atoms with van der Waals surface area (Å²) in [7, 11) is 1.38. The standard InChI is InChI=1S/C15H19NO3S/c1-19-13(17)9-10-20-14(11-5-3-2-4-6-11)15(18)16-12-7-8-12/h2-6,12,14H,7-10H2,1H3,(H,16,18)/t14-/m0/s1. The van der Waals surface area contributed by atoms with Crippen molar-refractivity contribution in [3.05, 3.63) is 35.9 Å². The fraction of sp³-hybridized carbons (Fsp3) is 0.467. The number of carbonyl (C=O) groups is 2. The summed E-state index contributed by atoms with van der Waals surface area (Å²) in [5.74, 6) is 0.366. The SMILES string of the molecule is COC(=O)CCS[C@H](C(=O)NC1CC1)c1ccccc1. The first-order valence-electron chi connectivity index (χ1n) is 6.74. The first kappa shape index (κ1) is 14.9. The Morgan fingerprint density at radius 1 is 1.35 bits per heavy atom. The van der Waals surface area contributed by atoms with Gasteiger partial charge >= 0.3 is 5.97 Å². The van der Waals surface area contributed by atoms with Crippen molar-refractivity contribution in [3.8, 4) is 0 Å². The molecule has 1 saturated carbocycles. The molecule has 1 aliphatic rings. The van der Waals surface area contributed by atoms with Crippen LogP contribution >= 0.6 is 11.8 Å².